The molecular weight excluding hydrogens is 388 g/mol. The molecule has 0 aromatic heterocycles. The summed E-state index contributed by atoms with van der Waals surface area (Å²) in [7, 11) is -3.64. The summed E-state index contributed by atoms with van der Waals surface area (Å²) in [5, 5.41) is 8.49. The summed E-state index contributed by atoms with van der Waals surface area (Å²) in [6, 6.07) is 14.5. The standard InChI is InChI=1S/C19H26N2O4S.ClH/c1-3-24-18-6-4-5-7-19(18)25-13-12-21-15(2)14-16-8-10-17(11-9-16)26(20,22)23;/h4-11,15,21H,3,12-14H2,1-2H3,(H2,20,22,23);1H/t15-;/m1./s1. The van der Waals surface area contributed by atoms with Crippen molar-refractivity contribution in [2.45, 2.75) is 31.2 Å². The number of ether oxygens (including phenoxy) is 2. The molecule has 0 bridgehead atoms. The van der Waals surface area contributed by atoms with E-state index in [2.05, 4.69) is 12.2 Å². The molecule has 27 heavy (non-hydrogen) atoms. The van der Waals surface area contributed by atoms with Crippen LogP contribution in [0.15, 0.2) is 53.4 Å². The lowest BCUT2D eigenvalue weighted by molar-refractivity contribution is 0.272. The highest BCUT2D eigenvalue weighted by molar-refractivity contribution is 7.89. The van der Waals surface area contributed by atoms with Gasteiger partial charge in [-0.15, -0.1) is 12.4 Å². The monoisotopic (exact) mass is 414 g/mol. The lowest BCUT2D eigenvalue weighted by atomic mass is 10.1. The fraction of sp³-hybridized carbons (Fsp3) is 0.368. The van der Waals surface area contributed by atoms with E-state index in [9.17, 15) is 8.42 Å². The normalized spacial score (nSPS) is 12.1. The number of sulfonamides is 1. The molecule has 6 nitrogen and oxygen atoms in total. The molecule has 150 valence electrons. The zero-order chi connectivity index (χ0) is 19.0. The minimum atomic E-state index is -3.64. The van der Waals surface area contributed by atoms with Crippen LogP contribution in [0, 0.1) is 0 Å². The van der Waals surface area contributed by atoms with E-state index in [0.29, 0.717) is 19.8 Å². The van der Waals surface area contributed by atoms with Gasteiger partial charge in [-0.05, 0) is 50.1 Å². The van der Waals surface area contributed by atoms with Crippen LogP contribution in [0.2, 0.25) is 0 Å². The van der Waals surface area contributed by atoms with Crippen LogP contribution in [-0.2, 0) is 16.4 Å². The maximum Gasteiger partial charge on any atom is 0.238 e. The third-order valence-corrected chi connectivity index (χ3v) is 4.72. The van der Waals surface area contributed by atoms with Gasteiger partial charge in [0.1, 0.15) is 6.61 Å². The van der Waals surface area contributed by atoms with Crippen LogP contribution in [-0.4, -0.2) is 34.2 Å². The Bertz CT molecular complexity index is 798. The maximum atomic E-state index is 11.3. The van der Waals surface area contributed by atoms with E-state index in [1.165, 1.54) is 12.1 Å². The van der Waals surface area contributed by atoms with Crippen molar-refractivity contribution in [3.05, 3.63) is 54.1 Å². The third-order valence-electron chi connectivity index (χ3n) is 3.80. The number of hydrogen-bond donors (Lipinski definition) is 2. The Kier molecular flexibility index (Phi) is 9.59. The number of nitrogens with one attached hydrogen (secondary N) is 1. The second-order valence-corrected chi connectivity index (χ2v) is 7.54. The van der Waals surface area contributed by atoms with Crippen LogP contribution in [0.1, 0.15) is 19.4 Å². The van der Waals surface area contributed by atoms with Crippen LogP contribution in [0.25, 0.3) is 0 Å². The Morgan fingerprint density at radius 2 is 1.63 bits per heavy atom. The van der Waals surface area contributed by atoms with Crippen LogP contribution in [0.3, 0.4) is 0 Å². The van der Waals surface area contributed by atoms with Gasteiger partial charge in [-0.25, -0.2) is 13.6 Å². The van der Waals surface area contributed by atoms with Gasteiger partial charge in [-0.2, -0.15) is 0 Å². The van der Waals surface area contributed by atoms with Crippen LogP contribution < -0.4 is 19.9 Å². The highest BCUT2D eigenvalue weighted by atomic mass is 35.5. The minimum Gasteiger partial charge on any atom is -0.490 e. The Morgan fingerprint density at radius 3 is 2.19 bits per heavy atom. The first kappa shape index (κ1) is 23.2. The fourth-order valence-electron chi connectivity index (χ4n) is 2.55. The first-order valence-corrected chi connectivity index (χ1v) is 10.1. The summed E-state index contributed by atoms with van der Waals surface area (Å²) in [6.45, 7) is 5.83. The number of benzene rings is 2. The largest absolute Gasteiger partial charge is 0.490 e. The van der Waals surface area contributed by atoms with Crippen molar-refractivity contribution >= 4 is 22.4 Å². The minimum absolute atomic E-state index is 0. The Labute approximate surface area is 167 Å². The maximum absolute atomic E-state index is 11.3. The molecule has 0 aliphatic rings. The van der Waals surface area contributed by atoms with Gasteiger partial charge >= 0.3 is 0 Å². The van der Waals surface area contributed by atoms with Crippen molar-refractivity contribution in [3.63, 3.8) is 0 Å². The molecular formula is C19H27ClN2O4S. The molecule has 0 spiro atoms. The van der Waals surface area contributed by atoms with Crippen LogP contribution >= 0.6 is 12.4 Å². The van der Waals surface area contributed by atoms with E-state index in [1.54, 1.807) is 12.1 Å². The topological polar surface area (TPSA) is 90.7 Å². The molecule has 0 radical (unpaired) electrons. The average Bonchev–Trinajstić information content (AvgIpc) is 2.60. The van der Waals surface area contributed by atoms with Gasteiger partial charge in [0.05, 0.1) is 11.5 Å². The summed E-state index contributed by atoms with van der Waals surface area (Å²) in [5.74, 6) is 1.49. The molecule has 0 saturated heterocycles. The Hall–Kier alpha value is -1.80. The van der Waals surface area contributed by atoms with Crippen molar-refractivity contribution in [1.82, 2.24) is 5.32 Å². The van der Waals surface area contributed by atoms with Gasteiger partial charge in [0.2, 0.25) is 10.0 Å². The van der Waals surface area contributed by atoms with Crippen LogP contribution in [0.4, 0.5) is 0 Å². The van der Waals surface area contributed by atoms with E-state index in [1.807, 2.05) is 31.2 Å². The highest BCUT2D eigenvalue weighted by Crippen LogP contribution is 2.26. The van der Waals surface area contributed by atoms with Crippen molar-refractivity contribution < 1.29 is 17.9 Å². The molecule has 2 aromatic rings. The van der Waals surface area contributed by atoms with E-state index in [0.717, 1.165) is 23.5 Å². The summed E-state index contributed by atoms with van der Waals surface area (Å²) < 4.78 is 33.8. The molecule has 0 unspecified atom stereocenters. The van der Waals surface area contributed by atoms with E-state index < -0.39 is 10.0 Å². The molecule has 2 aromatic carbocycles. The molecule has 0 amide bonds. The van der Waals surface area contributed by atoms with Gasteiger partial charge in [0.15, 0.2) is 11.5 Å². The second kappa shape index (κ2) is 11.1. The van der Waals surface area contributed by atoms with Gasteiger partial charge in [-0.1, -0.05) is 24.3 Å². The van der Waals surface area contributed by atoms with Crippen molar-refractivity contribution in [2.75, 3.05) is 19.8 Å². The summed E-state index contributed by atoms with van der Waals surface area (Å²) in [5.41, 5.74) is 1.04. The molecule has 2 rings (SSSR count). The molecule has 8 heteroatoms. The summed E-state index contributed by atoms with van der Waals surface area (Å²) in [4.78, 5) is 0.128. The number of rotatable bonds is 10. The molecule has 0 fully saturated rings. The zero-order valence-corrected chi connectivity index (χ0v) is 17.2. The SMILES string of the molecule is CCOc1ccccc1OCCN[C@H](C)Cc1ccc(S(N)(=O)=O)cc1.Cl. The molecule has 3 N–H and O–H groups in total. The quantitative estimate of drug-likeness (QED) is 0.583. The van der Waals surface area contributed by atoms with Crippen molar-refractivity contribution in [3.8, 4) is 11.5 Å². The number of primary sulfonamides is 1. The van der Waals surface area contributed by atoms with Gasteiger partial charge < -0.3 is 14.8 Å². The lowest BCUT2D eigenvalue weighted by Crippen LogP contribution is -2.31. The predicted molar refractivity (Wildman–Crippen MR) is 109 cm³/mol. The first-order chi connectivity index (χ1) is 12.4. The number of halogens is 1. The highest BCUT2D eigenvalue weighted by Gasteiger charge is 2.09. The van der Waals surface area contributed by atoms with Gasteiger partial charge in [-0.3, -0.25) is 0 Å². The molecule has 0 aliphatic carbocycles. The fourth-order valence-corrected chi connectivity index (χ4v) is 3.07. The molecule has 0 aliphatic heterocycles. The zero-order valence-electron chi connectivity index (χ0n) is 15.6. The lowest BCUT2D eigenvalue weighted by Gasteiger charge is -2.15. The Morgan fingerprint density at radius 1 is 1.04 bits per heavy atom. The number of hydrogen-bond acceptors (Lipinski definition) is 5. The van der Waals surface area contributed by atoms with Crippen LogP contribution in [0.5, 0.6) is 11.5 Å². The van der Waals surface area contributed by atoms with E-state index in [-0.39, 0.29) is 23.3 Å². The molecule has 1 atom stereocenters. The molecule has 0 saturated carbocycles. The van der Waals surface area contributed by atoms with E-state index >= 15 is 0 Å². The van der Waals surface area contributed by atoms with Crippen molar-refractivity contribution in [1.29, 1.82) is 0 Å². The summed E-state index contributed by atoms with van der Waals surface area (Å²) in [6.07, 6.45) is 0.778. The van der Waals surface area contributed by atoms with Crippen molar-refractivity contribution in [2.24, 2.45) is 5.14 Å². The van der Waals surface area contributed by atoms with E-state index in [4.69, 9.17) is 14.6 Å². The predicted octanol–water partition coefficient (Wildman–Crippen LogP) is 2.75. The van der Waals surface area contributed by atoms with Gasteiger partial charge in [0, 0.05) is 12.6 Å². The molecule has 0 heterocycles. The number of para-hydroxylation sites is 2. The third kappa shape index (κ3) is 7.76. The number of nitrogens with two attached hydrogens (primary N) is 1. The second-order valence-electron chi connectivity index (χ2n) is 5.98. The smallest absolute Gasteiger partial charge is 0.238 e. The first-order valence-electron chi connectivity index (χ1n) is 8.60. The van der Waals surface area contributed by atoms with Gasteiger partial charge in [0.25, 0.3) is 0 Å². The Balaban J connectivity index is 0.00000364. The average molecular weight is 415 g/mol. The summed E-state index contributed by atoms with van der Waals surface area (Å²) >= 11 is 0.